The van der Waals surface area contributed by atoms with Gasteiger partial charge in [-0.3, -0.25) is 0 Å². The summed E-state index contributed by atoms with van der Waals surface area (Å²) in [4.78, 5) is 0. The Balaban J connectivity index is 2.37. The molecule has 1 heteroatoms. The SMILES string of the molecule is Cc1ccc2c(c1)C(C)(O)c1cc(C)ccc1-2. The largest absolute Gasteiger partial charge is 0.381 e. The van der Waals surface area contributed by atoms with Crippen LogP contribution in [0.15, 0.2) is 36.4 Å². The molecule has 2 aromatic rings. The van der Waals surface area contributed by atoms with Crippen LogP contribution >= 0.6 is 0 Å². The Morgan fingerprint density at radius 2 is 1.24 bits per heavy atom. The first-order valence-electron chi connectivity index (χ1n) is 5.95. The van der Waals surface area contributed by atoms with Gasteiger partial charge in [0.15, 0.2) is 0 Å². The molecule has 1 aliphatic rings. The maximum atomic E-state index is 10.7. The molecule has 0 bridgehead atoms. The first-order chi connectivity index (χ1) is 8.00. The standard InChI is InChI=1S/C16H16O/c1-10-4-6-12-13-7-5-11(2)9-15(13)16(3,17)14(12)8-10/h4-9,17H,1-3H3. The normalized spacial score (nSPS) is 15.5. The van der Waals surface area contributed by atoms with Crippen LogP contribution in [0.2, 0.25) is 0 Å². The molecule has 0 fully saturated rings. The molecule has 17 heavy (non-hydrogen) atoms. The second-order valence-corrected chi connectivity index (χ2v) is 5.17. The van der Waals surface area contributed by atoms with Crippen molar-refractivity contribution in [2.24, 2.45) is 0 Å². The monoisotopic (exact) mass is 224 g/mol. The van der Waals surface area contributed by atoms with Gasteiger partial charge < -0.3 is 5.11 Å². The minimum Gasteiger partial charge on any atom is -0.381 e. The summed E-state index contributed by atoms with van der Waals surface area (Å²) in [6.07, 6.45) is 0. The lowest BCUT2D eigenvalue weighted by molar-refractivity contribution is 0.107. The molecule has 1 aliphatic carbocycles. The zero-order valence-electron chi connectivity index (χ0n) is 10.4. The van der Waals surface area contributed by atoms with Crippen molar-refractivity contribution >= 4 is 0 Å². The summed E-state index contributed by atoms with van der Waals surface area (Å²) in [5, 5.41) is 10.7. The van der Waals surface area contributed by atoms with E-state index in [9.17, 15) is 5.11 Å². The van der Waals surface area contributed by atoms with E-state index in [1.165, 1.54) is 11.1 Å². The van der Waals surface area contributed by atoms with Crippen molar-refractivity contribution in [3.05, 3.63) is 58.7 Å². The molecule has 3 rings (SSSR count). The van der Waals surface area contributed by atoms with E-state index in [0.717, 1.165) is 22.3 Å². The van der Waals surface area contributed by atoms with Crippen molar-refractivity contribution in [1.82, 2.24) is 0 Å². The molecule has 0 atom stereocenters. The summed E-state index contributed by atoms with van der Waals surface area (Å²) in [7, 11) is 0. The van der Waals surface area contributed by atoms with Crippen LogP contribution in [0.3, 0.4) is 0 Å². The molecule has 0 radical (unpaired) electrons. The smallest absolute Gasteiger partial charge is 0.113 e. The van der Waals surface area contributed by atoms with Gasteiger partial charge in [-0.25, -0.2) is 0 Å². The minimum absolute atomic E-state index is 0.858. The zero-order chi connectivity index (χ0) is 12.2. The van der Waals surface area contributed by atoms with E-state index < -0.39 is 5.60 Å². The number of benzene rings is 2. The molecular formula is C16H16O. The zero-order valence-corrected chi connectivity index (χ0v) is 10.4. The quantitative estimate of drug-likeness (QED) is 0.725. The van der Waals surface area contributed by atoms with Crippen LogP contribution in [0.1, 0.15) is 29.2 Å². The van der Waals surface area contributed by atoms with Gasteiger partial charge in [0.05, 0.1) is 0 Å². The van der Waals surface area contributed by atoms with Crippen molar-refractivity contribution in [1.29, 1.82) is 0 Å². The molecule has 0 heterocycles. The second-order valence-electron chi connectivity index (χ2n) is 5.17. The average Bonchev–Trinajstić information content (AvgIpc) is 2.49. The Hall–Kier alpha value is -1.60. The third kappa shape index (κ3) is 1.36. The molecule has 0 aliphatic heterocycles. The Kier molecular flexibility index (Phi) is 1.99. The first-order valence-corrected chi connectivity index (χ1v) is 5.95. The van der Waals surface area contributed by atoms with Gasteiger partial charge in [0.2, 0.25) is 0 Å². The first kappa shape index (κ1) is 10.5. The molecule has 1 nitrogen and oxygen atoms in total. The molecule has 86 valence electrons. The number of fused-ring (bicyclic) bond motifs is 3. The van der Waals surface area contributed by atoms with E-state index in [2.05, 4.69) is 50.2 Å². The fourth-order valence-corrected chi connectivity index (χ4v) is 2.74. The van der Waals surface area contributed by atoms with Crippen molar-refractivity contribution < 1.29 is 5.11 Å². The van der Waals surface area contributed by atoms with E-state index in [4.69, 9.17) is 0 Å². The van der Waals surface area contributed by atoms with Gasteiger partial charge in [-0.1, -0.05) is 47.5 Å². The molecule has 1 N–H and O–H groups in total. The molecule has 0 saturated heterocycles. The van der Waals surface area contributed by atoms with Crippen LogP contribution < -0.4 is 0 Å². The maximum Gasteiger partial charge on any atom is 0.113 e. The summed E-state index contributed by atoms with van der Waals surface area (Å²) < 4.78 is 0. The fourth-order valence-electron chi connectivity index (χ4n) is 2.74. The second kappa shape index (κ2) is 3.21. The van der Waals surface area contributed by atoms with Gasteiger partial charge in [-0.05, 0) is 43.0 Å². The van der Waals surface area contributed by atoms with E-state index in [1.807, 2.05) is 6.92 Å². The number of hydrogen-bond donors (Lipinski definition) is 1. The van der Waals surface area contributed by atoms with Crippen molar-refractivity contribution in [3.8, 4) is 11.1 Å². The van der Waals surface area contributed by atoms with E-state index in [-0.39, 0.29) is 0 Å². The summed E-state index contributed by atoms with van der Waals surface area (Å²) >= 11 is 0. The highest BCUT2D eigenvalue weighted by molar-refractivity contribution is 5.80. The Bertz CT molecular complexity index is 555. The number of aliphatic hydroxyl groups is 1. The average molecular weight is 224 g/mol. The van der Waals surface area contributed by atoms with Crippen LogP contribution in [0.5, 0.6) is 0 Å². The lowest BCUT2D eigenvalue weighted by Crippen LogP contribution is -2.19. The third-order valence-electron chi connectivity index (χ3n) is 3.69. The Morgan fingerprint density at radius 1 is 0.824 bits per heavy atom. The maximum absolute atomic E-state index is 10.7. The van der Waals surface area contributed by atoms with Gasteiger partial charge >= 0.3 is 0 Å². The minimum atomic E-state index is -0.858. The number of hydrogen-bond acceptors (Lipinski definition) is 1. The molecule has 0 aromatic heterocycles. The third-order valence-corrected chi connectivity index (χ3v) is 3.69. The molecular weight excluding hydrogens is 208 g/mol. The number of aryl methyl sites for hydroxylation is 2. The van der Waals surface area contributed by atoms with Crippen LogP contribution in [-0.4, -0.2) is 5.11 Å². The van der Waals surface area contributed by atoms with Crippen LogP contribution in [0.4, 0.5) is 0 Å². The van der Waals surface area contributed by atoms with Crippen molar-refractivity contribution in [2.75, 3.05) is 0 Å². The molecule has 2 aromatic carbocycles. The van der Waals surface area contributed by atoms with Crippen molar-refractivity contribution in [2.45, 2.75) is 26.4 Å². The fraction of sp³-hybridized carbons (Fsp3) is 0.250. The van der Waals surface area contributed by atoms with Gasteiger partial charge in [-0.15, -0.1) is 0 Å². The summed E-state index contributed by atoms with van der Waals surface area (Å²) in [5.74, 6) is 0. The summed E-state index contributed by atoms with van der Waals surface area (Å²) in [6.45, 7) is 6.01. The van der Waals surface area contributed by atoms with Crippen LogP contribution in [0.25, 0.3) is 11.1 Å². The Morgan fingerprint density at radius 3 is 1.65 bits per heavy atom. The summed E-state index contributed by atoms with van der Waals surface area (Å²) in [6, 6.07) is 12.6. The molecule has 0 spiro atoms. The predicted molar refractivity (Wildman–Crippen MR) is 70.0 cm³/mol. The highest BCUT2D eigenvalue weighted by atomic mass is 16.3. The number of rotatable bonds is 0. The molecule has 0 saturated carbocycles. The lowest BCUT2D eigenvalue weighted by atomic mass is 9.92. The van der Waals surface area contributed by atoms with Crippen LogP contribution in [-0.2, 0) is 5.60 Å². The summed E-state index contributed by atoms with van der Waals surface area (Å²) in [5.41, 5.74) is 5.90. The van der Waals surface area contributed by atoms with Gasteiger partial charge in [0, 0.05) is 0 Å². The van der Waals surface area contributed by atoms with Crippen LogP contribution in [0, 0.1) is 13.8 Å². The Labute approximate surface area is 102 Å². The van der Waals surface area contributed by atoms with E-state index in [0.29, 0.717) is 0 Å². The lowest BCUT2D eigenvalue weighted by Gasteiger charge is -2.20. The predicted octanol–water partition coefficient (Wildman–Crippen LogP) is 3.54. The molecule has 0 unspecified atom stereocenters. The highest BCUT2D eigenvalue weighted by Gasteiger charge is 2.37. The topological polar surface area (TPSA) is 20.2 Å². The highest BCUT2D eigenvalue weighted by Crippen LogP contribution is 2.47. The van der Waals surface area contributed by atoms with Gasteiger partial charge in [0.25, 0.3) is 0 Å². The molecule has 0 amide bonds. The van der Waals surface area contributed by atoms with Gasteiger partial charge in [0.1, 0.15) is 5.60 Å². The van der Waals surface area contributed by atoms with E-state index in [1.54, 1.807) is 0 Å². The van der Waals surface area contributed by atoms with E-state index >= 15 is 0 Å². The van der Waals surface area contributed by atoms with Gasteiger partial charge in [-0.2, -0.15) is 0 Å². The van der Waals surface area contributed by atoms with Crippen molar-refractivity contribution in [3.63, 3.8) is 0 Å².